The molecule has 0 unspecified atom stereocenters. The van der Waals surface area contributed by atoms with Crippen molar-refractivity contribution in [2.45, 2.75) is 34.1 Å². The Labute approximate surface area is 81.8 Å². The van der Waals surface area contributed by atoms with E-state index in [1.807, 2.05) is 7.05 Å². The van der Waals surface area contributed by atoms with Crippen molar-refractivity contribution in [1.82, 2.24) is 5.32 Å². The summed E-state index contributed by atoms with van der Waals surface area (Å²) in [6, 6.07) is 0. The summed E-state index contributed by atoms with van der Waals surface area (Å²) in [7, 11) is 1.84. The minimum absolute atomic E-state index is 0.259. The van der Waals surface area contributed by atoms with Crippen molar-refractivity contribution in [3.05, 3.63) is 0 Å². The van der Waals surface area contributed by atoms with E-state index in [2.05, 4.69) is 33.0 Å². The number of rotatable bonds is 7. The smallest absolute Gasteiger partial charge is 0.215 e. The predicted molar refractivity (Wildman–Crippen MR) is 54.4 cm³/mol. The Balaban J connectivity index is 3.51. The van der Waals surface area contributed by atoms with Gasteiger partial charge in [0.2, 0.25) is 6.41 Å². The maximum atomic E-state index is 5.47. The molecule has 0 saturated carbocycles. The first-order valence-electron chi connectivity index (χ1n) is 4.96. The van der Waals surface area contributed by atoms with Gasteiger partial charge in [-0.1, -0.05) is 27.7 Å². The molecule has 0 spiro atoms. The molecule has 3 nitrogen and oxygen atoms in total. The molecular weight excluding hydrogens is 166 g/mol. The first-order valence-corrected chi connectivity index (χ1v) is 4.96. The van der Waals surface area contributed by atoms with Crippen molar-refractivity contribution in [3.8, 4) is 0 Å². The van der Waals surface area contributed by atoms with Crippen LogP contribution < -0.4 is 5.32 Å². The van der Waals surface area contributed by atoms with Crippen LogP contribution in [0.5, 0.6) is 0 Å². The molecular formula is C10H23NO2. The third-order valence-electron chi connectivity index (χ3n) is 1.40. The SMILES string of the molecule is CNC(OCC(C)C)OCC(C)C. The molecule has 0 aromatic heterocycles. The molecule has 0 atom stereocenters. The molecule has 80 valence electrons. The zero-order valence-electron chi connectivity index (χ0n) is 9.46. The van der Waals surface area contributed by atoms with E-state index in [0.717, 1.165) is 13.2 Å². The Bertz CT molecular complexity index is 103. The van der Waals surface area contributed by atoms with Crippen LogP contribution in [0, 0.1) is 11.8 Å². The molecule has 13 heavy (non-hydrogen) atoms. The summed E-state index contributed by atoms with van der Waals surface area (Å²) in [6.45, 7) is 9.93. The van der Waals surface area contributed by atoms with E-state index >= 15 is 0 Å². The first kappa shape index (κ1) is 12.9. The molecule has 0 aliphatic carbocycles. The van der Waals surface area contributed by atoms with Crippen LogP contribution in [-0.4, -0.2) is 26.7 Å². The standard InChI is InChI=1S/C10H23NO2/c1-8(2)6-12-10(11-5)13-7-9(3)4/h8-11H,6-7H2,1-5H3. The Morgan fingerprint density at radius 3 is 1.54 bits per heavy atom. The van der Waals surface area contributed by atoms with Gasteiger partial charge in [-0.3, -0.25) is 5.32 Å². The van der Waals surface area contributed by atoms with Crippen molar-refractivity contribution >= 4 is 0 Å². The van der Waals surface area contributed by atoms with Gasteiger partial charge in [-0.2, -0.15) is 0 Å². The number of ether oxygens (including phenoxy) is 2. The normalized spacial score (nSPS) is 12.0. The largest absolute Gasteiger partial charge is 0.340 e. The van der Waals surface area contributed by atoms with Crippen molar-refractivity contribution in [1.29, 1.82) is 0 Å². The maximum absolute atomic E-state index is 5.47. The third kappa shape index (κ3) is 8.22. The Morgan fingerprint density at radius 1 is 0.923 bits per heavy atom. The van der Waals surface area contributed by atoms with E-state index in [4.69, 9.17) is 9.47 Å². The van der Waals surface area contributed by atoms with Crippen LogP contribution in [0.3, 0.4) is 0 Å². The molecule has 0 aliphatic rings. The van der Waals surface area contributed by atoms with Crippen molar-refractivity contribution in [3.63, 3.8) is 0 Å². The van der Waals surface area contributed by atoms with Gasteiger partial charge < -0.3 is 9.47 Å². The van der Waals surface area contributed by atoms with Crippen LogP contribution in [0.4, 0.5) is 0 Å². The minimum atomic E-state index is -0.259. The molecule has 0 rings (SSSR count). The fraction of sp³-hybridized carbons (Fsp3) is 1.00. The molecule has 0 fully saturated rings. The molecule has 0 bridgehead atoms. The van der Waals surface area contributed by atoms with Gasteiger partial charge in [0.15, 0.2) is 0 Å². The van der Waals surface area contributed by atoms with E-state index < -0.39 is 0 Å². The van der Waals surface area contributed by atoms with E-state index in [9.17, 15) is 0 Å². The minimum Gasteiger partial charge on any atom is -0.340 e. The summed E-state index contributed by atoms with van der Waals surface area (Å²) in [4.78, 5) is 0. The highest BCUT2D eigenvalue weighted by Gasteiger charge is 2.07. The molecule has 0 aromatic rings. The van der Waals surface area contributed by atoms with Gasteiger partial charge in [0.05, 0.1) is 13.2 Å². The quantitative estimate of drug-likeness (QED) is 0.620. The average molecular weight is 189 g/mol. The topological polar surface area (TPSA) is 30.5 Å². The Kier molecular flexibility index (Phi) is 7.23. The molecule has 0 radical (unpaired) electrons. The number of hydrogen-bond acceptors (Lipinski definition) is 3. The maximum Gasteiger partial charge on any atom is 0.215 e. The van der Waals surface area contributed by atoms with E-state index in [-0.39, 0.29) is 6.41 Å². The monoisotopic (exact) mass is 189 g/mol. The Hall–Kier alpha value is -0.120. The average Bonchev–Trinajstić information content (AvgIpc) is 2.04. The van der Waals surface area contributed by atoms with Crippen molar-refractivity contribution in [2.24, 2.45) is 11.8 Å². The van der Waals surface area contributed by atoms with Gasteiger partial charge in [-0.15, -0.1) is 0 Å². The van der Waals surface area contributed by atoms with Gasteiger partial charge >= 0.3 is 0 Å². The number of hydrogen-bond donors (Lipinski definition) is 1. The first-order chi connectivity index (χ1) is 6.06. The fourth-order valence-electron chi connectivity index (χ4n) is 0.774. The van der Waals surface area contributed by atoms with Gasteiger partial charge in [0.25, 0.3) is 0 Å². The molecule has 1 N–H and O–H groups in total. The van der Waals surface area contributed by atoms with Gasteiger partial charge in [-0.25, -0.2) is 0 Å². The summed E-state index contributed by atoms with van der Waals surface area (Å²) >= 11 is 0. The zero-order valence-corrected chi connectivity index (χ0v) is 9.46. The molecule has 0 amide bonds. The van der Waals surface area contributed by atoms with Crippen LogP contribution in [0.25, 0.3) is 0 Å². The highest BCUT2D eigenvalue weighted by molar-refractivity contribution is 4.44. The highest BCUT2D eigenvalue weighted by atomic mass is 16.7. The van der Waals surface area contributed by atoms with Crippen LogP contribution in [-0.2, 0) is 9.47 Å². The van der Waals surface area contributed by atoms with Crippen LogP contribution in [0.1, 0.15) is 27.7 Å². The second-order valence-electron chi connectivity index (χ2n) is 4.07. The van der Waals surface area contributed by atoms with Crippen LogP contribution in [0.2, 0.25) is 0 Å². The van der Waals surface area contributed by atoms with Crippen molar-refractivity contribution in [2.75, 3.05) is 20.3 Å². The molecule has 0 heterocycles. The third-order valence-corrected chi connectivity index (χ3v) is 1.40. The lowest BCUT2D eigenvalue weighted by Gasteiger charge is -2.19. The second kappa shape index (κ2) is 7.30. The van der Waals surface area contributed by atoms with Gasteiger partial charge in [-0.05, 0) is 18.9 Å². The van der Waals surface area contributed by atoms with E-state index in [1.165, 1.54) is 0 Å². The van der Waals surface area contributed by atoms with Gasteiger partial charge in [0, 0.05) is 0 Å². The summed E-state index contributed by atoms with van der Waals surface area (Å²) in [5.41, 5.74) is 0. The molecule has 0 aromatic carbocycles. The Morgan fingerprint density at radius 2 is 1.31 bits per heavy atom. The molecule has 3 heteroatoms. The molecule has 0 saturated heterocycles. The van der Waals surface area contributed by atoms with Crippen LogP contribution >= 0.6 is 0 Å². The van der Waals surface area contributed by atoms with Crippen molar-refractivity contribution < 1.29 is 9.47 Å². The lowest BCUT2D eigenvalue weighted by atomic mass is 10.2. The van der Waals surface area contributed by atoms with Gasteiger partial charge in [0.1, 0.15) is 0 Å². The lowest BCUT2D eigenvalue weighted by molar-refractivity contribution is -0.167. The summed E-state index contributed by atoms with van der Waals surface area (Å²) in [5, 5.41) is 2.97. The molecule has 0 aliphatic heterocycles. The summed E-state index contributed by atoms with van der Waals surface area (Å²) < 4.78 is 10.9. The zero-order chi connectivity index (χ0) is 10.3. The highest BCUT2D eigenvalue weighted by Crippen LogP contribution is 2.00. The lowest BCUT2D eigenvalue weighted by Crippen LogP contribution is -2.33. The summed E-state index contributed by atoms with van der Waals surface area (Å²) in [6.07, 6.45) is -0.259. The predicted octanol–water partition coefficient (Wildman–Crippen LogP) is 1.83. The number of nitrogens with one attached hydrogen (secondary N) is 1. The van der Waals surface area contributed by atoms with E-state index in [0.29, 0.717) is 11.8 Å². The second-order valence-corrected chi connectivity index (χ2v) is 4.07. The fourth-order valence-corrected chi connectivity index (χ4v) is 0.774. The van der Waals surface area contributed by atoms with E-state index in [1.54, 1.807) is 0 Å². The summed E-state index contributed by atoms with van der Waals surface area (Å²) in [5.74, 6) is 1.08. The van der Waals surface area contributed by atoms with Crippen LogP contribution in [0.15, 0.2) is 0 Å².